The number of para-hydroxylation sites is 1. The van der Waals surface area contributed by atoms with Crippen LogP contribution in [-0.4, -0.2) is 32.1 Å². The molecule has 1 aromatic carbocycles. The lowest BCUT2D eigenvalue weighted by Gasteiger charge is -2.15. The first-order valence-corrected chi connectivity index (χ1v) is 6.81. The van der Waals surface area contributed by atoms with Crippen molar-refractivity contribution in [3.05, 3.63) is 54.1 Å². The normalized spacial score (nSPS) is 13.6. The SMILES string of the molecule is C=CCOc1ccccc1C(=O)NCC1=CCNCC1.Cl. The molecule has 2 rings (SSSR count). The average Bonchev–Trinajstić information content (AvgIpc) is 2.52. The second-order valence-corrected chi connectivity index (χ2v) is 4.60. The van der Waals surface area contributed by atoms with Crippen LogP contribution in [0.25, 0.3) is 0 Å². The van der Waals surface area contributed by atoms with Gasteiger partial charge in [0, 0.05) is 13.1 Å². The molecule has 114 valence electrons. The molecule has 5 heteroatoms. The number of carbonyl (C=O) groups excluding carboxylic acids is 1. The smallest absolute Gasteiger partial charge is 0.255 e. The fourth-order valence-electron chi connectivity index (χ4n) is 2.05. The van der Waals surface area contributed by atoms with Crippen LogP contribution in [-0.2, 0) is 0 Å². The van der Waals surface area contributed by atoms with E-state index < -0.39 is 0 Å². The number of benzene rings is 1. The van der Waals surface area contributed by atoms with Crippen LogP contribution >= 0.6 is 12.4 Å². The first-order chi connectivity index (χ1) is 9.81. The number of hydrogen-bond acceptors (Lipinski definition) is 3. The molecule has 0 radical (unpaired) electrons. The molecule has 0 unspecified atom stereocenters. The minimum absolute atomic E-state index is 0. The summed E-state index contributed by atoms with van der Waals surface area (Å²) in [5.41, 5.74) is 1.82. The zero-order valence-electron chi connectivity index (χ0n) is 11.9. The van der Waals surface area contributed by atoms with E-state index in [9.17, 15) is 4.79 Å². The predicted molar refractivity (Wildman–Crippen MR) is 87.3 cm³/mol. The van der Waals surface area contributed by atoms with Crippen molar-refractivity contribution in [2.24, 2.45) is 0 Å². The van der Waals surface area contributed by atoms with Crippen LogP contribution in [0.1, 0.15) is 16.8 Å². The van der Waals surface area contributed by atoms with Crippen LogP contribution in [0.2, 0.25) is 0 Å². The molecule has 0 bridgehead atoms. The number of nitrogens with one attached hydrogen (secondary N) is 2. The van der Waals surface area contributed by atoms with Crippen molar-refractivity contribution in [1.82, 2.24) is 10.6 Å². The van der Waals surface area contributed by atoms with Gasteiger partial charge in [0.1, 0.15) is 12.4 Å². The van der Waals surface area contributed by atoms with E-state index in [2.05, 4.69) is 23.3 Å². The minimum Gasteiger partial charge on any atom is -0.489 e. The lowest BCUT2D eigenvalue weighted by atomic mass is 10.1. The van der Waals surface area contributed by atoms with Crippen molar-refractivity contribution in [2.75, 3.05) is 26.2 Å². The van der Waals surface area contributed by atoms with E-state index in [1.165, 1.54) is 5.57 Å². The summed E-state index contributed by atoms with van der Waals surface area (Å²) in [6.07, 6.45) is 4.77. The van der Waals surface area contributed by atoms with Gasteiger partial charge < -0.3 is 15.4 Å². The lowest BCUT2D eigenvalue weighted by Crippen LogP contribution is -2.29. The fraction of sp³-hybridized carbons (Fsp3) is 0.312. The summed E-state index contributed by atoms with van der Waals surface area (Å²) < 4.78 is 5.50. The minimum atomic E-state index is -0.107. The van der Waals surface area contributed by atoms with Gasteiger partial charge in [-0.05, 0) is 25.1 Å². The quantitative estimate of drug-likeness (QED) is 0.793. The highest BCUT2D eigenvalue weighted by Crippen LogP contribution is 2.18. The Morgan fingerprint density at radius 1 is 1.43 bits per heavy atom. The van der Waals surface area contributed by atoms with Crippen molar-refractivity contribution in [1.29, 1.82) is 0 Å². The summed E-state index contributed by atoms with van der Waals surface area (Å²) in [7, 11) is 0. The van der Waals surface area contributed by atoms with Gasteiger partial charge in [0.05, 0.1) is 5.56 Å². The molecule has 0 fully saturated rings. The highest BCUT2D eigenvalue weighted by molar-refractivity contribution is 5.97. The van der Waals surface area contributed by atoms with Crippen LogP contribution in [0.3, 0.4) is 0 Å². The molecule has 1 heterocycles. The van der Waals surface area contributed by atoms with Gasteiger partial charge in [-0.2, -0.15) is 0 Å². The summed E-state index contributed by atoms with van der Waals surface area (Å²) >= 11 is 0. The molecule has 4 nitrogen and oxygen atoms in total. The van der Waals surface area contributed by atoms with E-state index in [1.54, 1.807) is 18.2 Å². The van der Waals surface area contributed by atoms with E-state index >= 15 is 0 Å². The molecule has 0 aliphatic carbocycles. The lowest BCUT2D eigenvalue weighted by molar-refractivity contribution is 0.0953. The van der Waals surface area contributed by atoms with Crippen molar-refractivity contribution in [3.63, 3.8) is 0 Å². The number of hydrogen-bond donors (Lipinski definition) is 2. The average molecular weight is 309 g/mol. The van der Waals surface area contributed by atoms with E-state index in [-0.39, 0.29) is 18.3 Å². The number of halogens is 1. The monoisotopic (exact) mass is 308 g/mol. The topological polar surface area (TPSA) is 50.4 Å². The molecule has 0 aromatic heterocycles. The first-order valence-electron chi connectivity index (χ1n) is 6.81. The summed E-state index contributed by atoms with van der Waals surface area (Å²) in [5.74, 6) is 0.480. The molecule has 0 spiro atoms. The number of carbonyl (C=O) groups is 1. The zero-order valence-corrected chi connectivity index (χ0v) is 12.7. The van der Waals surface area contributed by atoms with Gasteiger partial charge in [-0.3, -0.25) is 4.79 Å². The Labute approximate surface area is 131 Å². The first kappa shape index (κ1) is 17.3. The predicted octanol–water partition coefficient (Wildman–Crippen LogP) is 2.32. The van der Waals surface area contributed by atoms with Crippen LogP contribution in [0.15, 0.2) is 48.6 Å². The fourth-order valence-corrected chi connectivity index (χ4v) is 2.05. The van der Waals surface area contributed by atoms with E-state index in [0.717, 1.165) is 19.5 Å². The Morgan fingerprint density at radius 3 is 2.95 bits per heavy atom. The third-order valence-corrected chi connectivity index (χ3v) is 3.12. The summed E-state index contributed by atoms with van der Waals surface area (Å²) in [6, 6.07) is 7.25. The molecule has 1 aliphatic heterocycles. The van der Waals surface area contributed by atoms with Gasteiger partial charge in [0.2, 0.25) is 0 Å². The molecular weight excluding hydrogens is 288 g/mol. The summed E-state index contributed by atoms with van der Waals surface area (Å²) in [4.78, 5) is 12.2. The van der Waals surface area contributed by atoms with Crippen LogP contribution < -0.4 is 15.4 Å². The van der Waals surface area contributed by atoms with E-state index in [4.69, 9.17) is 4.74 Å². The molecule has 0 saturated carbocycles. The maximum absolute atomic E-state index is 12.2. The molecule has 2 N–H and O–H groups in total. The van der Waals surface area contributed by atoms with Gasteiger partial charge in [-0.15, -0.1) is 12.4 Å². The molecule has 1 amide bonds. The highest BCUT2D eigenvalue weighted by atomic mass is 35.5. The molecule has 1 aromatic rings. The maximum Gasteiger partial charge on any atom is 0.255 e. The van der Waals surface area contributed by atoms with Crippen molar-refractivity contribution in [3.8, 4) is 5.75 Å². The molecule has 1 aliphatic rings. The Morgan fingerprint density at radius 2 is 2.24 bits per heavy atom. The van der Waals surface area contributed by atoms with Crippen molar-refractivity contribution < 1.29 is 9.53 Å². The Kier molecular flexibility index (Phi) is 7.58. The van der Waals surface area contributed by atoms with Gasteiger partial charge >= 0.3 is 0 Å². The summed E-state index contributed by atoms with van der Waals surface area (Å²) in [5, 5.41) is 6.19. The molecule has 21 heavy (non-hydrogen) atoms. The van der Waals surface area contributed by atoms with Crippen molar-refractivity contribution in [2.45, 2.75) is 6.42 Å². The van der Waals surface area contributed by atoms with Crippen LogP contribution in [0.5, 0.6) is 5.75 Å². The second-order valence-electron chi connectivity index (χ2n) is 4.60. The van der Waals surface area contributed by atoms with E-state index in [0.29, 0.717) is 24.5 Å². The largest absolute Gasteiger partial charge is 0.489 e. The van der Waals surface area contributed by atoms with Gasteiger partial charge in [-0.1, -0.05) is 36.4 Å². The van der Waals surface area contributed by atoms with E-state index in [1.807, 2.05) is 12.1 Å². The Hall–Kier alpha value is -1.78. The number of rotatable bonds is 6. The number of ether oxygens (including phenoxy) is 1. The number of amides is 1. The standard InChI is InChI=1S/C16H20N2O2.ClH/c1-2-11-20-15-6-4-3-5-14(15)16(19)18-12-13-7-9-17-10-8-13;/h2-7,17H,1,8-12H2,(H,18,19);1H. The molecule has 0 atom stereocenters. The van der Waals surface area contributed by atoms with Crippen molar-refractivity contribution >= 4 is 18.3 Å². The highest BCUT2D eigenvalue weighted by Gasteiger charge is 2.12. The second kappa shape index (κ2) is 9.21. The third-order valence-electron chi connectivity index (χ3n) is 3.12. The van der Waals surface area contributed by atoms with Crippen LogP contribution in [0, 0.1) is 0 Å². The molecule has 0 saturated heterocycles. The van der Waals surface area contributed by atoms with Gasteiger partial charge in [0.25, 0.3) is 5.91 Å². The zero-order chi connectivity index (χ0) is 14.2. The van der Waals surface area contributed by atoms with Gasteiger partial charge in [0.15, 0.2) is 0 Å². The van der Waals surface area contributed by atoms with Crippen LogP contribution in [0.4, 0.5) is 0 Å². The summed E-state index contributed by atoms with van der Waals surface area (Å²) in [6.45, 7) is 6.44. The Bertz CT molecular complexity index is 515. The Balaban J connectivity index is 0.00000220. The molecular formula is C16H21ClN2O2. The third kappa shape index (κ3) is 5.25. The van der Waals surface area contributed by atoms with Gasteiger partial charge in [-0.25, -0.2) is 0 Å². The maximum atomic E-state index is 12.2.